The first kappa shape index (κ1) is 13.5. The number of aryl methyl sites for hydroxylation is 2. The van der Waals surface area contributed by atoms with Crippen LogP contribution in [0, 0.1) is 0 Å². The Morgan fingerprint density at radius 3 is 2.81 bits per heavy atom. The Kier molecular flexibility index (Phi) is 4.07. The average molecular weight is 283 g/mol. The van der Waals surface area contributed by atoms with E-state index in [9.17, 15) is 0 Å². The molecule has 2 N–H and O–H groups in total. The number of benzene rings is 1. The molecule has 6 heteroatoms. The van der Waals surface area contributed by atoms with Crippen molar-refractivity contribution in [2.45, 2.75) is 19.4 Å². The van der Waals surface area contributed by atoms with Gasteiger partial charge in [0.2, 0.25) is 0 Å². The molecule has 108 valence electrons. The molecule has 21 heavy (non-hydrogen) atoms. The summed E-state index contributed by atoms with van der Waals surface area (Å²) in [6, 6.07) is 10.3. The maximum atomic E-state index is 5.51. The molecule has 0 saturated heterocycles. The first-order chi connectivity index (χ1) is 10.3. The number of nitrogens with zero attached hydrogens (tertiary/aromatic N) is 4. The lowest BCUT2D eigenvalue weighted by Gasteiger charge is -1.96. The molecule has 0 atom stereocenters. The quantitative estimate of drug-likeness (QED) is 0.744. The van der Waals surface area contributed by atoms with Crippen LogP contribution in [0.5, 0.6) is 0 Å². The molecule has 3 rings (SSSR count). The number of hydrogen-bond donors (Lipinski definition) is 1. The monoisotopic (exact) mass is 283 g/mol. The smallest absolute Gasteiger partial charge is 0.278 e. The molecule has 0 aliphatic heterocycles. The maximum Gasteiger partial charge on any atom is 0.278 e. The van der Waals surface area contributed by atoms with Gasteiger partial charge in [0.15, 0.2) is 5.82 Å². The second-order valence-corrected chi connectivity index (χ2v) is 4.79. The minimum Gasteiger partial charge on any atom is -0.335 e. The van der Waals surface area contributed by atoms with E-state index in [0.29, 0.717) is 24.0 Å². The second kappa shape index (κ2) is 6.32. The molecule has 6 nitrogen and oxygen atoms in total. The largest absolute Gasteiger partial charge is 0.335 e. The van der Waals surface area contributed by atoms with Gasteiger partial charge in [-0.25, -0.2) is 4.98 Å². The van der Waals surface area contributed by atoms with E-state index in [1.165, 1.54) is 5.56 Å². The molecular formula is C15H17N5O. The summed E-state index contributed by atoms with van der Waals surface area (Å²) in [6.07, 6.45) is 5.22. The molecule has 0 aliphatic rings. The van der Waals surface area contributed by atoms with Gasteiger partial charge in [0.05, 0.1) is 6.33 Å². The van der Waals surface area contributed by atoms with Gasteiger partial charge in [-0.3, -0.25) is 0 Å². The van der Waals surface area contributed by atoms with Crippen molar-refractivity contribution in [3.05, 3.63) is 54.2 Å². The number of aromatic nitrogens is 4. The van der Waals surface area contributed by atoms with Crippen LogP contribution in [0.3, 0.4) is 0 Å². The highest BCUT2D eigenvalue weighted by atomic mass is 16.5. The Bertz CT molecular complexity index is 689. The maximum absolute atomic E-state index is 5.51. The van der Waals surface area contributed by atoms with Crippen LogP contribution in [-0.2, 0) is 19.4 Å². The molecule has 2 heterocycles. The summed E-state index contributed by atoms with van der Waals surface area (Å²) in [5, 5.41) is 4.00. The fourth-order valence-electron chi connectivity index (χ4n) is 2.10. The molecule has 0 spiro atoms. The first-order valence-corrected chi connectivity index (χ1v) is 6.94. The predicted octanol–water partition coefficient (Wildman–Crippen LogP) is 1.68. The van der Waals surface area contributed by atoms with Crippen molar-refractivity contribution in [3.63, 3.8) is 0 Å². The van der Waals surface area contributed by atoms with Gasteiger partial charge in [-0.1, -0.05) is 35.5 Å². The fraction of sp³-hybridized carbons (Fsp3) is 0.267. The third-order valence-corrected chi connectivity index (χ3v) is 3.19. The third kappa shape index (κ3) is 3.35. The standard InChI is InChI=1S/C15H17N5O/c16-8-9-20-10-13(17-11-20)15-18-14(19-21-15)7-6-12-4-2-1-3-5-12/h1-5,10-11H,6-9,16H2. The number of rotatable bonds is 6. The van der Waals surface area contributed by atoms with Gasteiger partial charge < -0.3 is 14.8 Å². The summed E-state index contributed by atoms with van der Waals surface area (Å²) >= 11 is 0. The SMILES string of the molecule is NCCn1cnc(-c2nc(CCc3ccccc3)no2)c1. The number of nitrogens with two attached hydrogens (primary N) is 1. The summed E-state index contributed by atoms with van der Waals surface area (Å²) in [5.74, 6) is 1.15. The van der Waals surface area contributed by atoms with Crippen LogP contribution in [0.25, 0.3) is 11.6 Å². The topological polar surface area (TPSA) is 82.8 Å². The van der Waals surface area contributed by atoms with Crippen molar-refractivity contribution < 1.29 is 4.52 Å². The van der Waals surface area contributed by atoms with Crippen LogP contribution in [0.15, 0.2) is 47.4 Å². The van der Waals surface area contributed by atoms with Gasteiger partial charge in [0, 0.05) is 25.7 Å². The first-order valence-electron chi connectivity index (χ1n) is 6.94. The number of hydrogen-bond acceptors (Lipinski definition) is 5. The second-order valence-electron chi connectivity index (χ2n) is 4.79. The Hall–Kier alpha value is -2.47. The van der Waals surface area contributed by atoms with E-state index in [1.54, 1.807) is 6.33 Å². The molecule has 0 amide bonds. The van der Waals surface area contributed by atoms with Crippen LogP contribution < -0.4 is 5.73 Å². The molecule has 0 unspecified atom stereocenters. The Morgan fingerprint density at radius 1 is 1.14 bits per heavy atom. The minimum atomic E-state index is 0.453. The van der Waals surface area contributed by atoms with Crippen molar-refractivity contribution in [2.75, 3.05) is 6.54 Å². The van der Waals surface area contributed by atoms with Crippen molar-refractivity contribution in [1.82, 2.24) is 19.7 Å². The van der Waals surface area contributed by atoms with E-state index >= 15 is 0 Å². The van der Waals surface area contributed by atoms with Crippen molar-refractivity contribution in [2.24, 2.45) is 5.73 Å². The summed E-state index contributed by atoms with van der Waals surface area (Å²) in [5.41, 5.74) is 7.45. The summed E-state index contributed by atoms with van der Waals surface area (Å²) in [6.45, 7) is 1.30. The lowest BCUT2D eigenvalue weighted by atomic mass is 10.1. The van der Waals surface area contributed by atoms with E-state index in [2.05, 4.69) is 27.3 Å². The van der Waals surface area contributed by atoms with E-state index in [4.69, 9.17) is 10.3 Å². The van der Waals surface area contributed by atoms with Gasteiger partial charge in [-0.05, 0) is 12.0 Å². The zero-order valence-corrected chi connectivity index (χ0v) is 11.6. The van der Waals surface area contributed by atoms with Gasteiger partial charge in [-0.15, -0.1) is 0 Å². The fourth-order valence-corrected chi connectivity index (χ4v) is 2.10. The van der Waals surface area contributed by atoms with Crippen LogP contribution >= 0.6 is 0 Å². The molecule has 0 fully saturated rings. The molecule has 3 aromatic rings. The van der Waals surface area contributed by atoms with Gasteiger partial charge in [0.25, 0.3) is 5.89 Å². The number of imidazole rings is 1. The molecular weight excluding hydrogens is 266 g/mol. The van der Waals surface area contributed by atoms with Gasteiger partial charge in [0.1, 0.15) is 5.69 Å². The van der Waals surface area contributed by atoms with Crippen LogP contribution in [0.1, 0.15) is 11.4 Å². The molecule has 0 saturated carbocycles. The molecule has 1 aromatic carbocycles. The summed E-state index contributed by atoms with van der Waals surface area (Å²) < 4.78 is 7.17. The Labute approximate surface area is 122 Å². The van der Waals surface area contributed by atoms with Crippen molar-refractivity contribution in [1.29, 1.82) is 0 Å². The molecule has 0 radical (unpaired) electrons. The van der Waals surface area contributed by atoms with Crippen molar-refractivity contribution in [3.8, 4) is 11.6 Å². The highest BCUT2D eigenvalue weighted by Gasteiger charge is 2.11. The molecule has 0 aliphatic carbocycles. The van der Waals surface area contributed by atoms with Crippen LogP contribution in [0.2, 0.25) is 0 Å². The molecule has 2 aromatic heterocycles. The Morgan fingerprint density at radius 2 is 2.00 bits per heavy atom. The lowest BCUT2D eigenvalue weighted by Crippen LogP contribution is -2.07. The summed E-state index contributed by atoms with van der Waals surface area (Å²) in [4.78, 5) is 8.63. The van der Waals surface area contributed by atoms with E-state index < -0.39 is 0 Å². The van der Waals surface area contributed by atoms with E-state index in [0.717, 1.165) is 19.4 Å². The minimum absolute atomic E-state index is 0.453. The Balaban J connectivity index is 1.65. The lowest BCUT2D eigenvalue weighted by molar-refractivity contribution is 0.421. The molecule has 0 bridgehead atoms. The third-order valence-electron chi connectivity index (χ3n) is 3.19. The highest BCUT2D eigenvalue weighted by molar-refractivity contribution is 5.44. The summed E-state index contributed by atoms with van der Waals surface area (Å²) in [7, 11) is 0. The zero-order chi connectivity index (χ0) is 14.5. The van der Waals surface area contributed by atoms with Crippen molar-refractivity contribution >= 4 is 0 Å². The predicted molar refractivity (Wildman–Crippen MR) is 78.4 cm³/mol. The normalized spacial score (nSPS) is 10.9. The van der Waals surface area contributed by atoms with E-state index in [-0.39, 0.29) is 0 Å². The van der Waals surface area contributed by atoms with Crippen LogP contribution in [0.4, 0.5) is 0 Å². The van der Waals surface area contributed by atoms with Gasteiger partial charge in [-0.2, -0.15) is 4.98 Å². The van der Waals surface area contributed by atoms with E-state index in [1.807, 2.05) is 29.0 Å². The van der Waals surface area contributed by atoms with Crippen LogP contribution in [-0.4, -0.2) is 26.2 Å². The highest BCUT2D eigenvalue weighted by Crippen LogP contribution is 2.15. The average Bonchev–Trinajstić information content (AvgIpc) is 3.15. The zero-order valence-electron chi connectivity index (χ0n) is 11.6. The van der Waals surface area contributed by atoms with Gasteiger partial charge >= 0.3 is 0 Å².